The van der Waals surface area contributed by atoms with E-state index < -0.39 is 5.97 Å². The number of nitrogens with zero attached hydrogens (tertiary/aromatic N) is 2. The number of hydrogen-bond acceptors (Lipinski definition) is 6. The lowest BCUT2D eigenvalue weighted by atomic mass is 9.98. The van der Waals surface area contributed by atoms with Crippen molar-refractivity contribution < 1.29 is 19.4 Å². The Kier molecular flexibility index (Phi) is 6.13. The van der Waals surface area contributed by atoms with Crippen LogP contribution in [0.2, 0.25) is 0 Å². The minimum atomic E-state index is -0.795. The van der Waals surface area contributed by atoms with Crippen LogP contribution in [0.15, 0.2) is 48.5 Å². The number of ether oxygens (including phenoxy) is 2. The summed E-state index contributed by atoms with van der Waals surface area (Å²) in [6, 6.07) is 16.3. The number of hydrogen-bond donors (Lipinski definition) is 2. The lowest BCUT2D eigenvalue weighted by molar-refractivity contribution is -0.137. The van der Waals surface area contributed by atoms with Crippen LogP contribution in [0, 0.1) is 0 Å². The van der Waals surface area contributed by atoms with E-state index in [4.69, 9.17) is 14.5 Å². The smallest absolute Gasteiger partial charge is 0.305 e. The standard InChI is InChI=1S/C29H31N3O4/c33-28(34)18-26(20-4-8-27-22(16-20)10-14-36-27)32-13-9-21-17-24(6-7-25(21)32)35-15-11-23-5-3-19-2-1-12-30-29(19)31-23/h3-8,16-17,26H,1-2,9-15,18H2,(H,30,31)(H,33,34). The van der Waals surface area contributed by atoms with E-state index in [1.165, 1.54) is 11.1 Å². The zero-order valence-corrected chi connectivity index (χ0v) is 20.3. The first-order valence-corrected chi connectivity index (χ1v) is 12.9. The highest BCUT2D eigenvalue weighted by Crippen LogP contribution is 2.40. The summed E-state index contributed by atoms with van der Waals surface area (Å²) in [6.07, 6.45) is 4.80. The molecule has 0 aliphatic carbocycles. The fourth-order valence-corrected chi connectivity index (χ4v) is 5.59. The van der Waals surface area contributed by atoms with Crippen molar-refractivity contribution in [3.05, 3.63) is 76.5 Å². The van der Waals surface area contributed by atoms with Gasteiger partial charge in [-0.25, -0.2) is 4.98 Å². The van der Waals surface area contributed by atoms with Crippen molar-refractivity contribution in [3.63, 3.8) is 0 Å². The van der Waals surface area contributed by atoms with Gasteiger partial charge in [0.15, 0.2) is 0 Å². The van der Waals surface area contributed by atoms with E-state index in [0.717, 1.165) is 85.0 Å². The van der Waals surface area contributed by atoms with Gasteiger partial charge in [0.05, 0.1) is 25.7 Å². The number of nitrogens with one attached hydrogen (secondary N) is 1. The van der Waals surface area contributed by atoms with Crippen molar-refractivity contribution in [1.29, 1.82) is 0 Å². The Labute approximate surface area is 211 Å². The summed E-state index contributed by atoms with van der Waals surface area (Å²) in [7, 11) is 0. The van der Waals surface area contributed by atoms with Crippen LogP contribution < -0.4 is 19.7 Å². The molecular formula is C29H31N3O4. The van der Waals surface area contributed by atoms with Gasteiger partial charge in [0.1, 0.15) is 17.3 Å². The predicted octanol–water partition coefficient (Wildman–Crippen LogP) is 4.57. The number of carboxylic acid groups (broad SMARTS) is 1. The normalized spacial score (nSPS) is 16.4. The number of carboxylic acids is 1. The second kappa shape index (κ2) is 9.72. The van der Waals surface area contributed by atoms with Gasteiger partial charge in [-0.05, 0) is 77.9 Å². The van der Waals surface area contributed by atoms with E-state index in [-0.39, 0.29) is 12.5 Å². The molecule has 2 N–H and O–H groups in total. The van der Waals surface area contributed by atoms with Crippen LogP contribution in [0.3, 0.4) is 0 Å². The van der Waals surface area contributed by atoms with Crippen molar-refractivity contribution in [2.45, 2.75) is 44.6 Å². The third-order valence-electron chi connectivity index (χ3n) is 7.40. The number of benzene rings is 2. The Hall–Kier alpha value is -3.74. The van der Waals surface area contributed by atoms with Gasteiger partial charge in [-0.3, -0.25) is 4.79 Å². The van der Waals surface area contributed by atoms with E-state index in [1.807, 2.05) is 18.2 Å². The third-order valence-corrected chi connectivity index (χ3v) is 7.40. The summed E-state index contributed by atoms with van der Waals surface area (Å²) < 4.78 is 11.7. The first-order chi connectivity index (χ1) is 17.6. The van der Waals surface area contributed by atoms with Crippen molar-refractivity contribution in [3.8, 4) is 11.5 Å². The Balaban J connectivity index is 1.15. The van der Waals surface area contributed by atoms with Gasteiger partial charge in [0.2, 0.25) is 0 Å². The molecule has 0 saturated carbocycles. The summed E-state index contributed by atoms with van der Waals surface area (Å²) in [5, 5.41) is 13.1. The first kappa shape index (κ1) is 22.7. The largest absolute Gasteiger partial charge is 0.493 e. The number of fused-ring (bicyclic) bond motifs is 3. The van der Waals surface area contributed by atoms with E-state index in [2.05, 4.69) is 40.5 Å². The van der Waals surface area contributed by atoms with Crippen LogP contribution in [-0.4, -0.2) is 42.4 Å². The van der Waals surface area contributed by atoms with E-state index >= 15 is 0 Å². The molecule has 0 spiro atoms. The Morgan fingerprint density at radius 3 is 2.94 bits per heavy atom. The van der Waals surface area contributed by atoms with Crippen LogP contribution in [-0.2, 0) is 30.5 Å². The highest BCUT2D eigenvalue weighted by molar-refractivity contribution is 5.71. The van der Waals surface area contributed by atoms with E-state index in [1.54, 1.807) is 0 Å². The van der Waals surface area contributed by atoms with Crippen LogP contribution >= 0.6 is 0 Å². The molecule has 186 valence electrons. The molecule has 7 heteroatoms. The molecule has 4 heterocycles. The summed E-state index contributed by atoms with van der Waals surface area (Å²) in [5.41, 5.74) is 6.81. The minimum Gasteiger partial charge on any atom is -0.493 e. The molecule has 6 rings (SSSR count). The monoisotopic (exact) mass is 485 g/mol. The van der Waals surface area contributed by atoms with Gasteiger partial charge in [-0.2, -0.15) is 0 Å². The minimum absolute atomic E-state index is 0.0555. The molecule has 0 fully saturated rings. The quantitative estimate of drug-likeness (QED) is 0.483. The lowest BCUT2D eigenvalue weighted by Gasteiger charge is -2.30. The average molecular weight is 486 g/mol. The zero-order chi connectivity index (χ0) is 24.5. The average Bonchev–Trinajstić information content (AvgIpc) is 3.53. The van der Waals surface area contributed by atoms with Gasteiger partial charge in [0, 0.05) is 37.3 Å². The topological polar surface area (TPSA) is 83.9 Å². The molecule has 0 amide bonds. The van der Waals surface area contributed by atoms with Gasteiger partial charge >= 0.3 is 5.97 Å². The van der Waals surface area contributed by atoms with E-state index in [9.17, 15) is 9.90 Å². The maximum Gasteiger partial charge on any atom is 0.305 e. The van der Waals surface area contributed by atoms with E-state index in [0.29, 0.717) is 13.2 Å². The number of aromatic nitrogens is 1. The molecule has 36 heavy (non-hydrogen) atoms. The van der Waals surface area contributed by atoms with Crippen molar-refractivity contribution in [2.24, 2.45) is 0 Å². The second-order valence-corrected chi connectivity index (χ2v) is 9.75. The maximum absolute atomic E-state index is 11.8. The molecule has 1 unspecified atom stereocenters. The highest BCUT2D eigenvalue weighted by Gasteiger charge is 2.30. The maximum atomic E-state index is 11.8. The first-order valence-electron chi connectivity index (χ1n) is 12.9. The molecule has 3 aliphatic rings. The SMILES string of the molecule is O=C(O)CC(c1ccc2c(c1)CCO2)N1CCc2cc(OCCc3ccc4c(n3)NCCC4)ccc21. The van der Waals surface area contributed by atoms with Crippen LogP contribution in [0.5, 0.6) is 11.5 Å². The molecule has 1 atom stereocenters. The number of pyridine rings is 1. The second-order valence-electron chi connectivity index (χ2n) is 9.75. The zero-order valence-electron chi connectivity index (χ0n) is 20.3. The van der Waals surface area contributed by atoms with Crippen molar-refractivity contribution >= 4 is 17.5 Å². The Morgan fingerprint density at radius 2 is 2.03 bits per heavy atom. The van der Waals surface area contributed by atoms with Crippen LogP contribution in [0.1, 0.15) is 46.8 Å². The molecule has 7 nitrogen and oxygen atoms in total. The van der Waals surface area contributed by atoms with Gasteiger partial charge in [-0.1, -0.05) is 12.1 Å². The van der Waals surface area contributed by atoms with Gasteiger partial charge in [-0.15, -0.1) is 0 Å². The molecule has 0 saturated heterocycles. The molecular weight excluding hydrogens is 454 g/mol. The fourth-order valence-electron chi connectivity index (χ4n) is 5.59. The van der Waals surface area contributed by atoms with Crippen molar-refractivity contribution in [1.82, 2.24) is 4.98 Å². The molecule has 3 aliphatic heterocycles. The summed E-state index contributed by atoms with van der Waals surface area (Å²) >= 11 is 0. The molecule has 0 radical (unpaired) electrons. The fraction of sp³-hybridized carbons (Fsp3) is 0.379. The van der Waals surface area contributed by atoms with Gasteiger partial charge < -0.3 is 24.8 Å². The number of anilines is 2. The van der Waals surface area contributed by atoms with Gasteiger partial charge in [0.25, 0.3) is 0 Å². The molecule has 2 aromatic carbocycles. The summed E-state index contributed by atoms with van der Waals surface area (Å²) in [5.74, 6) is 1.98. The number of aliphatic carboxylic acids is 1. The lowest BCUT2D eigenvalue weighted by Crippen LogP contribution is -2.28. The third kappa shape index (κ3) is 4.57. The molecule has 0 bridgehead atoms. The Bertz CT molecular complexity index is 1290. The summed E-state index contributed by atoms with van der Waals surface area (Å²) in [4.78, 5) is 18.8. The number of aryl methyl sites for hydroxylation is 1. The van der Waals surface area contributed by atoms with Crippen LogP contribution in [0.4, 0.5) is 11.5 Å². The highest BCUT2D eigenvalue weighted by atomic mass is 16.5. The van der Waals surface area contributed by atoms with Crippen LogP contribution in [0.25, 0.3) is 0 Å². The van der Waals surface area contributed by atoms with Crippen molar-refractivity contribution in [2.75, 3.05) is 36.5 Å². The number of carbonyl (C=O) groups is 1. The molecule has 1 aromatic heterocycles. The number of rotatable bonds is 8. The molecule has 3 aromatic rings. The summed E-state index contributed by atoms with van der Waals surface area (Å²) in [6.45, 7) is 3.03. The Morgan fingerprint density at radius 1 is 1.08 bits per heavy atom. The predicted molar refractivity (Wildman–Crippen MR) is 138 cm³/mol.